The molecule has 1 aliphatic heterocycles. The van der Waals surface area contributed by atoms with Gasteiger partial charge in [-0.2, -0.15) is 0 Å². The summed E-state index contributed by atoms with van der Waals surface area (Å²) in [6.45, 7) is 4.96. The zero-order valence-corrected chi connectivity index (χ0v) is 19.7. The van der Waals surface area contributed by atoms with Crippen molar-refractivity contribution in [3.63, 3.8) is 0 Å². The highest BCUT2D eigenvalue weighted by Gasteiger charge is 2.21. The highest BCUT2D eigenvalue weighted by molar-refractivity contribution is 5.76. The first-order valence-electron chi connectivity index (χ1n) is 11.8. The largest absolute Gasteiger partial charge is 0.493 e. The zero-order valence-electron chi connectivity index (χ0n) is 19.7. The van der Waals surface area contributed by atoms with E-state index < -0.39 is 0 Å². The van der Waals surface area contributed by atoms with Crippen LogP contribution in [-0.2, 0) is 4.74 Å². The van der Waals surface area contributed by atoms with Gasteiger partial charge in [-0.1, -0.05) is 19.3 Å². The van der Waals surface area contributed by atoms with E-state index in [1.165, 1.54) is 64.6 Å². The number of carbonyl (C=O) groups excluding carboxylic acids is 1. The number of methoxy groups -OCH3 is 2. The molecule has 6 heteroatoms. The molecule has 1 N–H and O–H groups in total. The van der Waals surface area contributed by atoms with Gasteiger partial charge < -0.3 is 24.4 Å². The summed E-state index contributed by atoms with van der Waals surface area (Å²) in [4.78, 5) is 13.2. The fourth-order valence-electron chi connectivity index (χ4n) is 4.40. The normalized spacial score (nSPS) is 19.4. The van der Waals surface area contributed by atoms with Crippen molar-refractivity contribution in [2.24, 2.45) is 5.92 Å². The lowest BCUT2D eigenvalue weighted by molar-refractivity contribution is 0.112. The molecule has 2 aliphatic rings. The van der Waals surface area contributed by atoms with Gasteiger partial charge in [0.05, 0.1) is 13.7 Å². The van der Waals surface area contributed by atoms with Crippen LogP contribution in [0.25, 0.3) is 0 Å². The molecular formula is C25H42N2O4. The highest BCUT2D eigenvalue weighted by Crippen LogP contribution is 2.27. The topological polar surface area (TPSA) is 60.0 Å². The van der Waals surface area contributed by atoms with Gasteiger partial charge in [0.1, 0.15) is 6.29 Å². The number of carbonyl (C=O) groups is 1. The van der Waals surface area contributed by atoms with Crippen LogP contribution < -0.4 is 14.8 Å². The minimum absolute atomic E-state index is 0.534. The lowest BCUT2D eigenvalue weighted by Gasteiger charge is -2.35. The number of piperidine rings is 1. The molecule has 0 aromatic heterocycles. The molecule has 176 valence electrons. The molecule has 1 aromatic rings. The summed E-state index contributed by atoms with van der Waals surface area (Å²) < 4.78 is 15.6. The van der Waals surface area contributed by atoms with E-state index in [1.54, 1.807) is 32.4 Å². The third-order valence-electron chi connectivity index (χ3n) is 6.24. The Kier molecular flexibility index (Phi) is 12.6. The van der Waals surface area contributed by atoms with Crippen molar-refractivity contribution >= 4 is 6.29 Å². The number of ether oxygens (including phenoxy) is 3. The quantitative estimate of drug-likeness (QED) is 0.440. The number of aldehydes is 1. The molecule has 0 unspecified atom stereocenters. The Balaban J connectivity index is 0.000000220. The van der Waals surface area contributed by atoms with E-state index in [4.69, 9.17) is 14.2 Å². The van der Waals surface area contributed by atoms with Crippen LogP contribution in [0.4, 0.5) is 0 Å². The summed E-state index contributed by atoms with van der Waals surface area (Å²) in [5.41, 5.74) is 0.572. The van der Waals surface area contributed by atoms with Gasteiger partial charge in [0.2, 0.25) is 0 Å². The summed E-state index contributed by atoms with van der Waals surface area (Å²) >= 11 is 0. The lowest BCUT2D eigenvalue weighted by atomic mass is 9.88. The number of hydrogen-bond donors (Lipinski definition) is 1. The van der Waals surface area contributed by atoms with Crippen molar-refractivity contribution < 1.29 is 19.0 Å². The molecule has 0 radical (unpaired) electrons. The molecule has 1 heterocycles. The summed E-state index contributed by atoms with van der Waals surface area (Å²) in [5, 5.41) is 3.51. The predicted octanol–water partition coefficient (Wildman–Crippen LogP) is 4.17. The van der Waals surface area contributed by atoms with Gasteiger partial charge in [0.25, 0.3) is 0 Å². The Labute approximate surface area is 188 Å². The SMILES string of the molecule is CN(CC1CCCCC1)[C@@H]1CCCNC1.COCCCOc1cc(C=O)ccc1OC. The fraction of sp³-hybridized carbons (Fsp3) is 0.720. The third kappa shape index (κ3) is 9.58. The van der Waals surface area contributed by atoms with Crippen LogP contribution in [0.1, 0.15) is 61.7 Å². The van der Waals surface area contributed by atoms with Crippen LogP contribution >= 0.6 is 0 Å². The average Bonchev–Trinajstić information content (AvgIpc) is 2.83. The molecule has 6 nitrogen and oxygen atoms in total. The van der Waals surface area contributed by atoms with Crippen molar-refractivity contribution in [3.05, 3.63) is 23.8 Å². The molecule has 1 saturated carbocycles. The summed E-state index contributed by atoms with van der Waals surface area (Å²) in [6.07, 6.45) is 11.7. The second-order valence-corrected chi connectivity index (χ2v) is 8.67. The first-order valence-corrected chi connectivity index (χ1v) is 11.8. The number of likely N-dealkylation sites (N-methyl/N-ethyl adjacent to an activating group) is 1. The maximum Gasteiger partial charge on any atom is 0.161 e. The molecule has 31 heavy (non-hydrogen) atoms. The van der Waals surface area contributed by atoms with E-state index in [0.29, 0.717) is 30.3 Å². The molecule has 0 spiro atoms. The van der Waals surface area contributed by atoms with Crippen LogP contribution in [0.15, 0.2) is 18.2 Å². The molecule has 1 saturated heterocycles. The first kappa shape index (κ1) is 25.6. The molecule has 1 aliphatic carbocycles. The number of hydrogen-bond acceptors (Lipinski definition) is 6. The maximum absolute atomic E-state index is 10.6. The van der Waals surface area contributed by atoms with Crippen molar-refractivity contribution in [2.45, 2.75) is 57.4 Å². The van der Waals surface area contributed by atoms with Gasteiger partial charge in [-0.25, -0.2) is 0 Å². The molecular weight excluding hydrogens is 392 g/mol. The van der Waals surface area contributed by atoms with Gasteiger partial charge in [0.15, 0.2) is 11.5 Å². The molecule has 0 amide bonds. The van der Waals surface area contributed by atoms with Gasteiger partial charge in [0, 0.05) is 44.8 Å². The van der Waals surface area contributed by atoms with Gasteiger partial charge >= 0.3 is 0 Å². The van der Waals surface area contributed by atoms with Gasteiger partial charge in [-0.05, 0) is 63.4 Å². The Morgan fingerprint density at radius 3 is 2.52 bits per heavy atom. The number of nitrogens with one attached hydrogen (secondary N) is 1. The highest BCUT2D eigenvalue weighted by atomic mass is 16.5. The second-order valence-electron chi connectivity index (χ2n) is 8.67. The Morgan fingerprint density at radius 2 is 1.87 bits per heavy atom. The number of benzene rings is 1. The monoisotopic (exact) mass is 434 g/mol. The molecule has 0 bridgehead atoms. The van der Waals surface area contributed by atoms with Crippen molar-refractivity contribution in [3.8, 4) is 11.5 Å². The molecule has 1 atom stereocenters. The Bertz CT molecular complexity index is 614. The van der Waals surface area contributed by atoms with E-state index >= 15 is 0 Å². The Morgan fingerprint density at radius 1 is 1.06 bits per heavy atom. The third-order valence-corrected chi connectivity index (χ3v) is 6.24. The van der Waals surface area contributed by atoms with Crippen molar-refractivity contribution in [1.29, 1.82) is 0 Å². The molecule has 3 rings (SSSR count). The summed E-state index contributed by atoms with van der Waals surface area (Å²) in [6, 6.07) is 5.88. The van der Waals surface area contributed by atoms with Crippen molar-refractivity contribution in [1.82, 2.24) is 10.2 Å². The summed E-state index contributed by atoms with van der Waals surface area (Å²) in [7, 11) is 5.54. The van der Waals surface area contributed by atoms with E-state index in [-0.39, 0.29) is 0 Å². The van der Waals surface area contributed by atoms with Crippen LogP contribution in [-0.4, -0.2) is 71.3 Å². The second kappa shape index (κ2) is 15.2. The van der Waals surface area contributed by atoms with E-state index in [9.17, 15) is 4.79 Å². The van der Waals surface area contributed by atoms with Crippen molar-refractivity contribution in [2.75, 3.05) is 54.1 Å². The van der Waals surface area contributed by atoms with E-state index in [1.807, 2.05) is 0 Å². The lowest BCUT2D eigenvalue weighted by Crippen LogP contribution is -2.45. The predicted molar refractivity (Wildman–Crippen MR) is 125 cm³/mol. The van der Waals surface area contributed by atoms with Crippen LogP contribution in [0, 0.1) is 5.92 Å². The molecule has 2 fully saturated rings. The van der Waals surface area contributed by atoms with Crippen LogP contribution in [0.3, 0.4) is 0 Å². The smallest absolute Gasteiger partial charge is 0.161 e. The number of nitrogens with zero attached hydrogens (tertiary/aromatic N) is 1. The van der Waals surface area contributed by atoms with E-state index in [0.717, 1.165) is 24.7 Å². The maximum atomic E-state index is 10.6. The van der Waals surface area contributed by atoms with Crippen LogP contribution in [0.5, 0.6) is 11.5 Å². The van der Waals surface area contributed by atoms with E-state index in [2.05, 4.69) is 17.3 Å². The first-order chi connectivity index (χ1) is 15.2. The fourth-order valence-corrected chi connectivity index (χ4v) is 4.40. The average molecular weight is 435 g/mol. The minimum Gasteiger partial charge on any atom is -0.493 e. The number of rotatable bonds is 10. The standard InChI is InChI=1S/C13H26N2.C12H16O4/c1-15(13-8-5-9-14-10-13)11-12-6-3-2-4-7-12;1-14-6-3-7-16-12-8-10(9-13)4-5-11(12)15-2/h12-14H,2-11H2,1H3;4-5,8-9H,3,6-7H2,1-2H3/t13-;/m1./s1. The van der Waals surface area contributed by atoms with Crippen LogP contribution in [0.2, 0.25) is 0 Å². The van der Waals surface area contributed by atoms with Gasteiger partial charge in [-0.15, -0.1) is 0 Å². The Hall–Kier alpha value is -1.63. The minimum atomic E-state index is 0.534. The van der Waals surface area contributed by atoms with Gasteiger partial charge in [-0.3, -0.25) is 4.79 Å². The summed E-state index contributed by atoms with van der Waals surface area (Å²) in [5.74, 6) is 2.21. The molecule has 1 aromatic carbocycles. The zero-order chi connectivity index (χ0) is 22.3.